The number of hydrogen-bond acceptors (Lipinski definition) is 4. The summed E-state index contributed by atoms with van der Waals surface area (Å²) in [4.78, 5) is 8.68. The molecule has 0 spiro atoms. The van der Waals surface area contributed by atoms with E-state index in [1.807, 2.05) is 36.1 Å². The van der Waals surface area contributed by atoms with Crippen molar-refractivity contribution < 1.29 is 0 Å². The van der Waals surface area contributed by atoms with Crippen molar-refractivity contribution in [3.05, 3.63) is 77.1 Å². The number of benzene rings is 1. The zero-order chi connectivity index (χ0) is 16.4. The van der Waals surface area contributed by atoms with Crippen LogP contribution in [0.2, 0.25) is 0 Å². The minimum atomic E-state index is 0.709. The second-order valence-electron chi connectivity index (χ2n) is 5.60. The minimum Gasteiger partial charge on any atom is -0.265 e. The monoisotopic (exact) mass is 332 g/mol. The molecule has 0 aliphatic carbocycles. The zero-order valence-electron chi connectivity index (χ0n) is 13.3. The first-order valence-electron chi connectivity index (χ1n) is 7.73. The van der Waals surface area contributed by atoms with Gasteiger partial charge in [0.15, 0.2) is 0 Å². The van der Waals surface area contributed by atoms with Crippen molar-refractivity contribution in [2.24, 2.45) is 0 Å². The van der Waals surface area contributed by atoms with Crippen LogP contribution in [0.4, 0.5) is 0 Å². The van der Waals surface area contributed by atoms with Crippen LogP contribution in [0.15, 0.2) is 66.4 Å². The van der Waals surface area contributed by atoms with E-state index < -0.39 is 0 Å². The van der Waals surface area contributed by atoms with Crippen LogP contribution in [0.5, 0.6) is 0 Å². The molecule has 0 radical (unpaired) electrons. The van der Waals surface area contributed by atoms with E-state index in [-0.39, 0.29) is 0 Å². The van der Waals surface area contributed by atoms with E-state index in [0.717, 1.165) is 33.1 Å². The van der Waals surface area contributed by atoms with Gasteiger partial charge in [-0.3, -0.25) is 9.67 Å². The van der Waals surface area contributed by atoms with Crippen molar-refractivity contribution >= 4 is 11.3 Å². The van der Waals surface area contributed by atoms with Crippen LogP contribution in [0.1, 0.15) is 10.7 Å². The standard InChI is InChI=1S/C19H16N4S/c1-14-13-24-19(21-14)12-23-9-7-18(22-23)16-5-2-4-15(10-16)17-6-3-8-20-11-17/h2-11,13H,12H2,1H3. The highest BCUT2D eigenvalue weighted by atomic mass is 32.1. The van der Waals surface area contributed by atoms with Crippen molar-refractivity contribution in [3.8, 4) is 22.4 Å². The van der Waals surface area contributed by atoms with E-state index in [0.29, 0.717) is 6.54 Å². The molecular formula is C19H16N4S. The lowest BCUT2D eigenvalue weighted by Crippen LogP contribution is -2.00. The molecule has 4 nitrogen and oxygen atoms in total. The fraction of sp³-hybridized carbons (Fsp3) is 0.105. The molecule has 0 saturated carbocycles. The van der Waals surface area contributed by atoms with Crippen LogP contribution in [-0.2, 0) is 6.54 Å². The molecule has 118 valence electrons. The Morgan fingerprint density at radius 1 is 1.04 bits per heavy atom. The van der Waals surface area contributed by atoms with Crippen LogP contribution in [-0.4, -0.2) is 19.7 Å². The van der Waals surface area contributed by atoms with Gasteiger partial charge in [-0.1, -0.05) is 24.3 Å². The van der Waals surface area contributed by atoms with Gasteiger partial charge in [-0.2, -0.15) is 5.10 Å². The molecule has 0 saturated heterocycles. The maximum atomic E-state index is 4.69. The van der Waals surface area contributed by atoms with Crippen LogP contribution in [0.25, 0.3) is 22.4 Å². The molecule has 4 rings (SSSR count). The maximum Gasteiger partial charge on any atom is 0.114 e. The SMILES string of the molecule is Cc1csc(Cn2ccc(-c3cccc(-c4cccnc4)c3)n2)n1. The summed E-state index contributed by atoms with van der Waals surface area (Å²) in [6.07, 6.45) is 5.67. The van der Waals surface area contributed by atoms with Gasteiger partial charge in [0.1, 0.15) is 5.01 Å². The van der Waals surface area contributed by atoms with Crippen LogP contribution in [0, 0.1) is 6.92 Å². The Balaban J connectivity index is 1.60. The number of aromatic nitrogens is 4. The van der Waals surface area contributed by atoms with Gasteiger partial charge in [0.25, 0.3) is 0 Å². The van der Waals surface area contributed by atoms with Crippen LogP contribution in [0.3, 0.4) is 0 Å². The molecule has 0 amide bonds. The Hall–Kier alpha value is -2.79. The highest BCUT2D eigenvalue weighted by Gasteiger charge is 2.06. The molecule has 24 heavy (non-hydrogen) atoms. The van der Waals surface area contributed by atoms with E-state index in [2.05, 4.69) is 50.8 Å². The van der Waals surface area contributed by atoms with Gasteiger partial charge < -0.3 is 0 Å². The quantitative estimate of drug-likeness (QED) is 0.555. The first kappa shape index (κ1) is 14.8. The topological polar surface area (TPSA) is 43.6 Å². The average molecular weight is 332 g/mol. The van der Waals surface area contributed by atoms with Gasteiger partial charge in [-0.25, -0.2) is 4.98 Å². The van der Waals surface area contributed by atoms with E-state index >= 15 is 0 Å². The predicted octanol–water partition coefficient (Wildman–Crippen LogP) is 4.43. The highest BCUT2D eigenvalue weighted by Crippen LogP contribution is 2.25. The fourth-order valence-corrected chi connectivity index (χ4v) is 3.37. The third kappa shape index (κ3) is 3.12. The normalized spacial score (nSPS) is 10.9. The van der Waals surface area contributed by atoms with Crippen molar-refractivity contribution in [2.45, 2.75) is 13.5 Å². The van der Waals surface area contributed by atoms with Gasteiger partial charge in [-0.05, 0) is 30.7 Å². The molecule has 0 bridgehead atoms. The molecule has 4 aromatic rings. The first-order valence-corrected chi connectivity index (χ1v) is 8.61. The lowest BCUT2D eigenvalue weighted by Gasteiger charge is -2.03. The largest absolute Gasteiger partial charge is 0.265 e. The summed E-state index contributed by atoms with van der Waals surface area (Å²) in [5, 5.41) is 7.83. The Morgan fingerprint density at radius 2 is 1.92 bits per heavy atom. The smallest absolute Gasteiger partial charge is 0.114 e. The zero-order valence-corrected chi connectivity index (χ0v) is 14.1. The Bertz CT molecular complexity index is 956. The highest BCUT2D eigenvalue weighted by molar-refractivity contribution is 7.09. The van der Waals surface area contributed by atoms with Crippen molar-refractivity contribution in [2.75, 3.05) is 0 Å². The molecule has 0 unspecified atom stereocenters. The number of aryl methyl sites for hydroxylation is 1. The molecule has 0 fully saturated rings. The predicted molar refractivity (Wildman–Crippen MR) is 96.8 cm³/mol. The second-order valence-corrected chi connectivity index (χ2v) is 6.55. The van der Waals surface area contributed by atoms with Crippen LogP contribution >= 0.6 is 11.3 Å². The summed E-state index contributed by atoms with van der Waals surface area (Å²) in [6, 6.07) is 14.4. The lowest BCUT2D eigenvalue weighted by molar-refractivity contribution is 0.684. The summed E-state index contributed by atoms with van der Waals surface area (Å²) in [7, 11) is 0. The number of thiazole rings is 1. The lowest BCUT2D eigenvalue weighted by atomic mass is 10.0. The molecule has 1 aromatic carbocycles. The molecule has 0 N–H and O–H groups in total. The van der Waals surface area contributed by atoms with Gasteiger partial charge in [-0.15, -0.1) is 11.3 Å². The van der Waals surface area contributed by atoms with Crippen molar-refractivity contribution in [3.63, 3.8) is 0 Å². The van der Waals surface area contributed by atoms with Crippen LogP contribution < -0.4 is 0 Å². The summed E-state index contributed by atoms with van der Waals surface area (Å²) in [5.74, 6) is 0. The van der Waals surface area contributed by atoms with E-state index in [1.165, 1.54) is 0 Å². The molecular weight excluding hydrogens is 316 g/mol. The van der Waals surface area contributed by atoms with Crippen molar-refractivity contribution in [1.82, 2.24) is 19.7 Å². The Morgan fingerprint density at radius 3 is 2.71 bits per heavy atom. The molecule has 3 aromatic heterocycles. The fourth-order valence-electron chi connectivity index (χ4n) is 2.61. The van der Waals surface area contributed by atoms with Crippen molar-refractivity contribution in [1.29, 1.82) is 0 Å². The summed E-state index contributed by atoms with van der Waals surface area (Å²) < 4.78 is 1.93. The first-order chi connectivity index (χ1) is 11.8. The summed E-state index contributed by atoms with van der Waals surface area (Å²) in [5.41, 5.74) is 5.38. The summed E-state index contributed by atoms with van der Waals surface area (Å²) in [6.45, 7) is 2.72. The third-order valence-corrected chi connectivity index (χ3v) is 4.71. The van der Waals surface area contributed by atoms with E-state index in [9.17, 15) is 0 Å². The number of rotatable bonds is 4. The van der Waals surface area contributed by atoms with Gasteiger partial charge in [0.2, 0.25) is 0 Å². The van der Waals surface area contributed by atoms with Gasteiger partial charge in [0.05, 0.1) is 12.2 Å². The molecule has 5 heteroatoms. The molecule has 0 aliphatic heterocycles. The Kier molecular flexibility index (Phi) is 3.92. The molecule has 0 aliphatic rings. The summed E-state index contributed by atoms with van der Waals surface area (Å²) >= 11 is 1.67. The number of nitrogens with zero attached hydrogens (tertiary/aromatic N) is 4. The molecule has 3 heterocycles. The van der Waals surface area contributed by atoms with E-state index in [1.54, 1.807) is 17.5 Å². The van der Waals surface area contributed by atoms with Gasteiger partial charge >= 0.3 is 0 Å². The second kappa shape index (κ2) is 6.37. The Labute approximate surface area is 144 Å². The van der Waals surface area contributed by atoms with E-state index in [4.69, 9.17) is 0 Å². The molecule has 0 atom stereocenters. The van der Waals surface area contributed by atoms with Gasteiger partial charge in [0, 0.05) is 40.8 Å². The maximum absolute atomic E-state index is 4.69. The minimum absolute atomic E-state index is 0.709. The number of pyridine rings is 1. The third-order valence-electron chi connectivity index (χ3n) is 3.76. The number of hydrogen-bond donors (Lipinski definition) is 0. The average Bonchev–Trinajstić information content (AvgIpc) is 3.25.